The van der Waals surface area contributed by atoms with E-state index < -0.39 is 0 Å². The summed E-state index contributed by atoms with van der Waals surface area (Å²) in [6.45, 7) is 2.93. The molecule has 0 aromatic carbocycles. The predicted molar refractivity (Wildman–Crippen MR) is 74.3 cm³/mol. The van der Waals surface area contributed by atoms with Gasteiger partial charge in [-0.25, -0.2) is 0 Å². The zero-order valence-electron chi connectivity index (χ0n) is 10.9. The molecule has 0 aliphatic carbocycles. The Morgan fingerprint density at radius 2 is 2.32 bits per heavy atom. The van der Waals surface area contributed by atoms with Crippen LogP contribution in [0.4, 0.5) is 5.00 Å². The van der Waals surface area contributed by atoms with Gasteiger partial charge in [-0.2, -0.15) is 0 Å². The minimum absolute atomic E-state index is 0.0141. The van der Waals surface area contributed by atoms with E-state index in [0.717, 1.165) is 19.4 Å². The molecule has 1 aliphatic heterocycles. The lowest BCUT2D eigenvalue weighted by molar-refractivity contribution is -0.114. The molecule has 2 rings (SSSR count). The average molecular weight is 282 g/mol. The van der Waals surface area contributed by atoms with E-state index >= 15 is 0 Å². The Kier molecular flexibility index (Phi) is 4.55. The summed E-state index contributed by atoms with van der Waals surface area (Å²) in [5.41, 5.74) is 0. The van der Waals surface area contributed by atoms with E-state index in [1.54, 1.807) is 17.0 Å². The minimum atomic E-state index is -0.140. The number of nitrogens with one attached hydrogen (secondary N) is 1. The average Bonchev–Trinajstić information content (AvgIpc) is 2.85. The fraction of sp³-hybridized carbons (Fsp3) is 0.538. The van der Waals surface area contributed by atoms with Crippen LogP contribution >= 0.6 is 11.3 Å². The molecule has 1 atom stereocenters. The molecule has 0 saturated carbocycles. The molecule has 1 aromatic heterocycles. The highest BCUT2D eigenvalue weighted by Crippen LogP contribution is 2.25. The zero-order valence-corrected chi connectivity index (χ0v) is 11.7. The topological polar surface area (TPSA) is 69.6 Å². The molecule has 1 fully saturated rings. The van der Waals surface area contributed by atoms with Crippen molar-refractivity contribution >= 4 is 28.2 Å². The first-order valence-electron chi connectivity index (χ1n) is 6.37. The van der Waals surface area contributed by atoms with Gasteiger partial charge in [-0.05, 0) is 30.9 Å². The van der Waals surface area contributed by atoms with E-state index in [4.69, 9.17) is 0 Å². The van der Waals surface area contributed by atoms with Gasteiger partial charge in [0.25, 0.3) is 5.91 Å². The van der Waals surface area contributed by atoms with E-state index in [0.29, 0.717) is 16.4 Å². The minimum Gasteiger partial charge on any atom is -0.396 e. The second-order valence-corrected chi connectivity index (χ2v) is 5.87. The van der Waals surface area contributed by atoms with Gasteiger partial charge in [-0.3, -0.25) is 9.59 Å². The standard InChI is InChI=1S/C13H18N2O3S/c1-9(17)14-12-5-4-11(19-12)13(18)15-6-2-3-10(7-15)8-16/h4-5,10,16H,2-3,6-8H2,1H3,(H,14,17). The molecule has 2 heterocycles. The highest BCUT2D eigenvalue weighted by atomic mass is 32.1. The Hall–Kier alpha value is -1.40. The van der Waals surface area contributed by atoms with E-state index in [-0.39, 0.29) is 24.3 Å². The third-order valence-electron chi connectivity index (χ3n) is 3.18. The number of likely N-dealkylation sites (tertiary alicyclic amines) is 1. The smallest absolute Gasteiger partial charge is 0.264 e. The Bertz CT molecular complexity index is 472. The molecule has 0 bridgehead atoms. The van der Waals surface area contributed by atoms with Crippen molar-refractivity contribution < 1.29 is 14.7 Å². The number of carbonyl (C=O) groups excluding carboxylic acids is 2. The highest BCUT2D eigenvalue weighted by molar-refractivity contribution is 7.18. The number of hydrogen-bond donors (Lipinski definition) is 2. The van der Waals surface area contributed by atoms with Crippen molar-refractivity contribution in [3.05, 3.63) is 17.0 Å². The summed E-state index contributed by atoms with van der Waals surface area (Å²) in [5.74, 6) is 0.0337. The summed E-state index contributed by atoms with van der Waals surface area (Å²) in [4.78, 5) is 25.7. The van der Waals surface area contributed by atoms with E-state index in [9.17, 15) is 14.7 Å². The molecule has 0 radical (unpaired) electrons. The Morgan fingerprint density at radius 3 is 3.00 bits per heavy atom. The quantitative estimate of drug-likeness (QED) is 0.883. The Morgan fingerprint density at radius 1 is 1.53 bits per heavy atom. The number of thiophene rings is 1. The molecule has 2 amide bonds. The van der Waals surface area contributed by atoms with Crippen LogP contribution in [0.3, 0.4) is 0 Å². The Balaban J connectivity index is 2.02. The van der Waals surface area contributed by atoms with Crippen LogP contribution in [0.5, 0.6) is 0 Å². The first-order chi connectivity index (χ1) is 9.10. The van der Waals surface area contributed by atoms with Crippen LogP contribution in [0.2, 0.25) is 0 Å². The molecule has 1 saturated heterocycles. The Labute approximate surface area is 116 Å². The van der Waals surface area contributed by atoms with E-state index in [1.807, 2.05) is 0 Å². The number of aliphatic hydroxyl groups excluding tert-OH is 1. The second-order valence-electron chi connectivity index (χ2n) is 4.79. The fourth-order valence-corrected chi connectivity index (χ4v) is 3.17. The van der Waals surface area contributed by atoms with Gasteiger partial charge in [0.05, 0.1) is 9.88 Å². The monoisotopic (exact) mass is 282 g/mol. The molecule has 1 aromatic rings. The maximum atomic E-state index is 12.3. The van der Waals surface area contributed by atoms with Crippen LogP contribution in [-0.4, -0.2) is 41.5 Å². The van der Waals surface area contributed by atoms with Crippen molar-refractivity contribution in [3.63, 3.8) is 0 Å². The number of amides is 2. The number of hydrogen-bond acceptors (Lipinski definition) is 4. The normalized spacial score (nSPS) is 19.3. The van der Waals surface area contributed by atoms with Crippen LogP contribution in [-0.2, 0) is 4.79 Å². The lowest BCUT2D eigenvalue weighted by atomic mass is 9.99. The highest BCUT2D eigenvalue weighted by Gasteiger charge is 2.24. The van der Waals surface area contributed by atoms with Gasteiger partial charge in [-0.15, -0.1) is 11.3 Å². The van der Waals surface area contributed by atoms with Gasteiger partial charge in [-0.1, -0.05) is 0 Å². The van der Waals surface area contributed by atoms with Crippen LogP contribution in [0.25, 0.3) is 0 Å². The molecule has 1 unspecified atom stereocenters. The van der Waals surface area contributed by atoms with Crippen LogP contribution in [0, 0.1) is 5.92 Å². The molecule has 6 heteroatoms. The predicted octanol–water partition coefficient (Wildman–Crippen LogP) is 1.55. The number of nitrogens with zero attached hydrogens (tertiary/aromatic N) is 1. The van der Waals surface area contributed by atoms with Crippen LogP contribution in [0.15, 0.2) is 12.1 Å². The number of piperidine rings is 1. The van der Waals surface area contributed by atoms with Gasteiger partial charge in [0.1, 0.15) is 0 Å². The van der Waals surface area contributed by atoms with E-state index in [1.165, 1.54) is 18.3 Å². The number of carbonyl (C=O) groups is 2. The summed E-state index contributed by atoms with van der Waals surface area (Å²) in [7, 11) is 0. The summed E-state index contributed by atoms with van der Waals surface area (Å²) < 4.78 is 0. The summed E-state index contributed by atoms with van der Waals surface area (Å²) in [6, 6.07) is 3.48. The van der Waals surface area contributed by atoms with Crippen molar-refractivity contribution in [1.82, 2.24) is 4.90 Å². The zero-order chi connectivity index (χ0) is 13.8. The van der Waals surface area contributed by atoms with Gasteiger partial charge < -0.3 is 15.3 Å². The first-order valence-corrected chi connectivity index (χ1v) is 7.19. The van der Waals surface area contributed by atoms with Crippen molar-refractivity contribution in [2.45, 2.75) is 19.8 Å². The second kappa shape index (κ2) is 6.16. The first kappa shape index (κ1) is 14.0. The van der Waals surface area contributed by atoms with Crippen molar-refractivity contribution in [1.29, 1.82) is 0 Å². The third-order valence-corrected chi connectivity index (χ3v) is 4.17. The summed E-state index contributed by atoms with van der Waals surface area (Å²) in [5, 5.41) is 12.5. The summed E-state index contributed by atoms with van der Waals surface area (Å²) >= 11 is 1.29. The largest absolute Gasteiger partial charge is 0.396 e. The van der Waals surface area contributed by atoms with Crippen LogP contribution in [0.1, 0.15) is 29.4 Å². The number of anilines is 1. The van der Waals surface area contributed by atoms with Crippen LogP contribution < -0.4 is 5.32 Å². The summed E-state index contributed by atoms with van der Waals surface area (Å²) in [6.07, 6.45) is 1.91. The van der Waals surface area contributed by atoms with E-state index in [2.05, 4.69) is 5.32 Å². The molecule has 5 nitrogen and oxygen atoms in total. The molecule has 19 heavy (non-hydrogen) atoms. The molecule has 104 valence electrons. The molecule has 2 N–H and O–H groups in total. The van der Waals surface area contributed by atoms with Gasteiger partial charge in [0.15, 0.2) is 0 Å². The maximum Gasteiger partial charge on any atom is 0.264 e. The maximum absolute atomic E-state index is 12.3. The molecule has 1 aliphatic rings. The van der Waals surface area contributed by atoms with Crippen molar-refractivity contribution in [2.75, 3.05) is 25.0 Å². The number of rotatable bonds is 3. The van der Waals surface area contributed by atoms with Gasteiger partial charge in [0, 0.05) is 26.6 Å². The van der Waals surface area contributed by atoms with Crippen molar-refractivity contribution in [3.8, 4) is 0 Å². The lowest BCUT2D eigenvalue weighted by Gasteiger charge is -2.31. The third kappa shape index (κ3) is 3.54. The van der Waals surface area contributed by atoms with Crippen molar-refractivity contribution in [2.24, 2.45) is 5.92 Å². The number of aliphatic hydroxyl groups is 1. The van der Waals surface area contributed by atoms with Gasteiger partial charge in [0.2, 0.25) is 5.91 Å². The fourth-order valence-electron chi connectivity index (χ4n) is 2.25. The molecular weight excluding hydrogens is 264 g/mol. The molecule has 0 spiro atoms. The molecular formula is C13H18N2O3S. The SMILES string of the molecule is CC(=O)Nc1ccc(C(=O)N2CCCC(CO)C2)s1. The van der Waals surface area contributed by atoms with Gasteiger partial charge >= 0.3 is 0 Å². The lowest BCUT2D eigenvalue weighted by Crippen LogP contribution is -2.40.